The normalized spacial score (nSPS) is 11.0. The molecule has 0 aliphatic heterocycles. The van der Waals surface area contributed by atoms with Crippen LogP contribution in [0, 0.1) is 0 Å². The minimum Gasteiger partial charge on any atom is -0.406 e. The summed E-state index contributed by atoms with van der Waals surface area (Å²) in [5, 5.41) is 0. The minimum atomic E-state index is -4.76. The highest BCUT2D eigenvalue weighted by molar-refractivity contribution is 7.80. The number of alkyl halides is 3. The molecule has 0 atom stereocenters. The second-order valence-corrected chi connectivity index (χ2v) is 4.79. The summed E-state index contributed by atoms with van der Waals surface area (Å²) in [6, 6.07) is 4.72. The maximum Gasteiger partial charge on any atom is 0.573 e. The van der Waals surface area contributed by atoms with E-state index in [4.69, 9.17) is 18.0 Å². The molecule has 0 fully saturated rings. The minimum absolute atomic E-state index is 0.128. The van der Waals surface area contributed by atoms with Crippen molar-refractivity contribution in [1.29, 1.82) is 0 Å². The zero-order chi connectivity index (χ0) is 16.0. The van der Waals surface area contributed by atoms with E-state index in [1.165, 1.54) is 17.0 Å². The third-order valence-corrected chi connectivity index (χ3v) is 2.59. The topological polar surface area (TPSA) is 55.6 Å². The van der Waals surface area contributed by atoms with Crippen LogP contribution < -0.4 is 10.5 Å². The quantitative estimate of drug-likeness (QED) is 0.819. The lowest BCUT2D eigenvalue weighted by Crippen LogP contribution is -2.38. The lowest BCUT2D eigenvalue weighted by molar-refractivity contribution is -0.274. The Hall–Kier alpha value is -1.83. The summed E-state index contributed by atoms with van der Waals surface area (Å²) in [6.45, 7) is 2.47. The molecule has 2 N–H and O–H groups in total. The largest absolute Gasteiger partial charge is 0.573 e. The third kappa shape index (κ3) is 5.99. The van der Waals surface area contributed by atoms with Crippen LogP contribution in [-0.2, 0) is 0 Å². The maximum atomic E-state index is 12.2. The fraction of sp³-hybridized carbons (Fsp3) is 0.385. The fourth-order valence-corrected chi connectivity index (χ4v) is 1.85. The summed E-state index contributed by atoms with van der Waals surface area (Å²) in [5.74, 6) is -0.723. The first-order chi connectivity index (χ1) is 9.73. The van der Waals surface area contributed by atoms with Gasteiger partial charge in [0.2, 0.25) is 0 Å². The summed E-state index contributed by atoms with van der Waals surface area (Å²) in [6.07, 6.45) is -4.05. The zero-order valence-corrected chi connectivity index (χ0v) is 12.1. The number of thiocarbonyl (C=S) groups is 1. The summed E-state index contributed by atoms with van der Waals surface area (Å²) in [5.41, 5.74) is 5.67. The number of carbonyl (C=O) groups is 1. The second-order valence-electron chi connectivity index (χ2n) is 4.27. The van der Waals surface area contributed by atoms with Crippen molar-refractivity contribution in [2.24, 2.45) is 5.73 Å². The zero-order valence-electron chi connectivity index (χ0n) is 11.3. The van der Waals surface area contributed by atoms with E-state index in [2.05, 4.69) is 4.74 Å². The predicted molar refractivity (Wildman–Crippen MR) is 76.1 cm³/mol. The molecule has 1 amide bonds. The van der Waals surface area contributed by atoms with Gasteiger partial charge in [-0.15, -0.1) is 13.2 Å². The molecule has 0 heterocycles. The molecule has 8 heteroatoms. The molecule has 0 spiro atoms. The highest BCUT2D eigenvalue weighted by Gasteiger charge is 2.31. The average Bonchev–Trinajstić information content (AvgIpc) is 2.36. The van der Waals surface area contributed by atoms with Gasteiger partial charge in [-0.2, -0.15) is 0 Å². The first kappa shape index (κ1) is 17.2. The van der Waals surface area contributed by atoms with Crippen LogP contribution in [0.4, 0.5) is 13.2 Å². The number of hydrogen-bond donors (Lipinski definition) is 1. The second kappa shape index (κ2) is 7.26. The number of nitrogens with two attached hydrogens (primary N) is 1. The van der Waals surface area contributed by atoms with E-state index < -0.39 is 6.36 Å². The molecule has 0 saturated heterocycles. The van der Waals surface area contributed by atoms with Crippen LogP contribution in [0.15, 0.2) is 24.3 Å². The Bertz CT molecular complexity index is 503. The predicted octanol–water partition coefficient (Wildman–Crippen LogP) is 2.72. The van der Waals surface area contributed by atoms with E-state index in [9.17, 15) is 18.0 Å². The Labute approximate surface area is 125 Å². The average molecular weight is 320 g/mol. The lowest BCUT2D eigenvalue weighted by atomic mass is 10.2. The number of carbonyl (C=O) groups excluding carboxylic acids is 1. The van der Waals surface area contributed by atoms with E-state index in [0.29, 0.717) is 13.0 Å². The summed E-state index contributed by atoms with van der Waals surface area (Å²) in [4.78, 5) is 13.8. The van der Waals surface area contributed by atoms with Crippen molar-refractivity contribution >= 4 is 23.1 Å². The maximum absolute atomic E-state index is 12.2. The summed E-state index contributed by atoms with van der Waals surface area (Å²) >= 11 is 4.77. The smallest absolute Gasteiger partial charge is 0.406 e. The number of ether oxygens (including phenoxy) is 1. The van der Waals surface area contributed by atoms with Crippen molar-refractivity contribution in [2.75, 3.05) is 13.1 Å². The van der Waals surface area contributed by atoms with E-state index in [-0.39, 0.29) is 28.8 Å². The molecule has 0 aliphatic carbocycles. The third-order valence-electron chi connectivity index (χ3n) is 2.46. The van der Waals surface area contributed by atoms with E-state index in [1.807, 2.05) is 6.92 Å². The van der Waals surface area contributed by atoms with Crippen molar-refractivity contribution in [3.8, 4) is 5.75 Å². The molecule has 116 valence electrons. The van der Waals surface area contributed by atoms with Crippen LogP contribution in [0.5, 0.6) is 5.75 Å². The molecule has 0 unspecified atom stereocenters. The van der Waals surface area contributed by atoms with Gasteiger partial charge in [-0.05, 0) is 30.7 Å². The van der Waals surface area contributed by atoms with Gasteiger partial charge >= 0.3 is 6.36 Å². The van der Waals surface area contributed by atoms with Crippen molar-refractivity contribution < 1.29 is 22.7 Å². The fourth-order valence-electron chi connectivity index (χ4n) is 1.69. The number of benzene rings is 1. The Morgan fingerprint density at radius 3 is 2.33 bits per heavy atom. The van der Waals surface area contributed by atoms with Gasteiger partial charge in [0, 0.05) is 12.1 Å². The first-order valence-electron chi connectivity index (χ1n) is 6.16. The van der Waals surface area contributed by atoms with E-state index >= 15 is 0 Å². The number of nitrogens with zero attached hydrogens (tertiary/aromatic N) is 1. The standard InChI is InChI=1S/C13H15F3N2O2S/c1-2-7-18(8-11(17)21)12(19)9-3-5-10(6-4-9)20-13(14,15)16/h3-6H,2,7-8H2,1H3,(H2,17,21). The molecular weight excluding hydrogens is 305 g/mol. The van der Waals surface area contributed by atoms with Crippen LogP contribution in [0.2, 0.25) is 0 Å². The molecule has 21 heavy (non-hydrogen) atoms. The number of halogens is 3. The Morgan fingerprint density at radius 2 is 1.90 bits per heavy atom. The van der Waals surface area contributed by atoms with Gasteiger partial charge in [0.25, 0.3) is 5.91 Å². The highest BCUT2D eigenvalue weighted by atomic mass is 32.1. The van der Waals surface area contributed by atoms with Crippen LogP contribution >= 0.6 is 12.2 Å². The van der Waals surface area contributed by atoms with Gasteiger partial charge in [0.1, 0.15) is 5.75 Å². The molecule has 0 aromatic heterocycles. The van der Waals surface area contributed by atoms with Crippen molar-refractivity contribution in [2.45, 2.75) is 19.7 Å². The highest BCUT2D eigenvalue weighted by Crippen LogP contribution is 2.23. The van der Waals surface area contributed by atoms with Crippen molar-refractivity contribution in [3.63, 3.8) is 0 Å². The first-order valence-corrected chi connectivity index (χ1v) is 6.57. The summed E-state index contributed by atoms with van der Waals surface area (Å²) in [7, 11) is 0. The molecule has 1 aromatic carbocycles. The number of rotatable bonds is 6. The van der Waals surface area contributed by atoms with Crippen molar-refractivity contribution in [1.82, 2.24) is 4.90 Å². The van der Waals surface area contributed by atoms with Crippen LogP contribution in [0.1, 0.15) is 23.7 Å². The van der Waals surface area contributed by atoms with Crippen LogP contribution in [0.3, 0.4) is 0 Å². The SMILES string of the molecule is CCCN(CC(N)=S)C(=O)c1ccc(OC(F)(F)F)cc1. The number of amides is 1. The Kier molecular flexibility index (Phi) is 5.95. The molecular formula is C13H15F3N2O2S. The van der Waals surface area contributed by atoms with Crippen LogP contribution in [0.25, 0.3) is 0 Å². The molecule has 0 saturated carbocycles. The van der Waals surface area contributed by atoms with Crippen molar-refractivity contribution in [3.05, 3.63) is 29.8 Å². The summed E-state index contributed by atoms with van der Waals surface area (Å²) < 4.78 is 39.9. The van der Waals surface area contributed by atoms with E-state index in [1.54, 1.807) is 0 Å². The van der Waals surface area contributed by atoms with Gasteiger partial charge in [-0.25, -0.2) is 0 Å². The molecule has 0 radical (unpaired) electrons. The lowest BCUT2D eigenvalue weighted by Gasteiger charge is -2.21. The molecule has 4 nitrogen and oxygen atoms in total. The molecule has 1 rings (SSSR count). The van der Waals surface area contributed by atoms with Crippen LogP contribution in [-0.4, -0.2) is 35.2 Å². The van der Waals surface area contributed by atoms with Gasteiger partial charge < -0.3 is 15.4 Å². The molecule has 1 aromatic rings. The Balaban J connectivity index is 2.83. The van der Waals surface area contributed by atoms with Gasteiger partial charge in [-0.1, -0.05) is 19.1 Å². The van der Waals surface area contributed by atoms with Gasteiger partial charge in [-0.3, -0.25) is 4.79 Å². The Morgan fingerprint density at radius 1 is 1.33 bits per heavy atom. The number of hydrogen-bond acceptors (Lipinski definition) is 3. The van der Waals surface area contributed by atoms with Gasteiger partial charge in [0.15, 0.2) is 0 Å². The molecule has 0 bridgehead atoms. The van der Waals surface area contributed by atoms with Gasteiger partial charge in [0.05, 0.1) is 11.5 Å². The van der Waals surface area contributed by atoms with E-state index in [0.717, 1.165) is 12.1 Å². The molecule has 0 aliphatic rings. The monoisotopic (exact) mass is 320 g/mol.